The van der Waals surface area contributed by atoms with Gasteiger partial charge in [0.05, 0.1) is 5.56 Å². The second kappa shape index (κ2) is 4.31. The van der Waals surface area contributed by atoms with Crippen LogP contribution >= 0.6 is 7.49 Å². The lowest BCUT2D eigenvalue weighted by atomic mass is 10.1. The van der Waals surface area contributed by atoms with Crippen molar-refractivity contribution in [2.45, 2.75) is 58.0 Å². The van der Waals surface area contributed by atoms with Crippen LogP contribution in [0, 0.1) is 0 Å². The average Bonchev–Trinajstić information content (AvgIpc) is 2.26. The minimum absolute atomic E-state index is 0.00551. The average molecular weight is 279 g/mol. The van der Waals surface area contributed by atoms with Gasteiger partial charge in [0.2, 0.25) is 7.49 Å². The Labute approximate surface area is 117 Å². The molecule has 0 atom stereocenters. The Kier molecular flexibility index (Phi) is 3.30. The number of hydrogen-bond acceptors (Lipinski definition) is 2. The molecule has 1 aliphatic heterocycles. The van der Waals surface area contributed by atoms with E-state index in [9.17, 15) is 4.79 Å². The zero-order valence-electron chi connectivity index (χ0n) is 12.8. The molecule has 1 aromatic carbocycles. The summed E-state index contributed by atoms with van der Waals surface area (Å²) in [6.07, 6.45) is 0.891. The van der Waals surface area contributed by atoms with E-state index in [1.165, 1.54) is 0 Å². The topological polar surface area (TPSA) is 26.3 Å². The first kappa shape index (κ1) is 14.5. The van der Waals surface area contributed by atoms with Crippen LogP contribution in [0.3, 0.4) is 0 Å². The van der Waals surface area contributed by atoms with E-state index in [-0.39, 0.29) is 16.3 Å². The maximum absolute atomic E-state index is 12.4. The largest absolute Gasteiger partial charge is 0.381 e. The van der Waals surface area contributed by atoms with Gasteiger partial charge in [0.25, 0.3) is 0 Å². The van der Waals surface area contributed by atoms with E-state index in [0.717, 1.165) is 17.3 Å². The molecule has 0 unspecified atom stereocenters. The summed E-state index contributed by atoms with van der Waals surface area (Å²) in [6.45, 7) is 13.2. The molecule has 0 fully saturated rings. The molecule has 104 valence electrons. The second-order valence-corrected chi connectivity index (χ2v) is 11.9. The third kappa shape index (κ3) is 2.21. The number of rotatable bonds is 0. The fourth-order valence-electron chi connectivity index (χ4n) is 3.07. The highest BCUT2D eigenvalue weighted by Crippen LogP contribution is 2.80. The van der Waals surface area contributed by atoms with Crippen LogP contribution in [-0.2, 0) is 10.7 Å². The minimum Gasteiger partial charge on any atom is -0.307 e. The highest BCUT2D eigenvalue weighted by molar-refractivity contribution is 7.74. The van der Waals surface area contributed by atoms with Crippen LogP contribution in [0.5, 0.6) is 0 Å². The summed E-state index contributed by atoms with van der Waals surface area (Å²) < 4.78 is 6.10. The number of carbonyl (C=O) groups is 1. The molecule has 1 heterocycles. The lowest BCUT2D eigenvalue weighted by Gasteiger charge is -2.45. The SMILES string of the molecule is CC(C)(C)[P+]1(C(C)(C)C)Cc2ccccc2C(=O)O1. The van der Waals surface area contributed by atoms with Gasteiger partial charge < -0.3 is 4.52 Å². The Balaban J connectivity index is 2.60. The number of carbonyl (C=O) groups excluding carboxylic acids is 1. The van der Waals surface area contributed by atoms with Gasteiger partial charge >= 0.3 is 5.97 Å². The molecule has 2 nitrogen and oxygen atoms in total. The van der Waals surface area contributed by atoms with Crippen molar-refractivity contribution in [2.75, 3.05) is 0 Å². The number of benzene rings is 1. The van der Waals surface area contributed by atoms with E-state index < -0.39 is 7.49 Å². The van der Waals surface area contributed by atoms with Crippen molar-refractivity contribution >= 4 is 13.5 Å². The van der Waals surface area contributed by atoms with Gasteiger partial charge in [0.15, 0.2) is 0 Å². The first-order valence-corrected chi connectivity index (χ1v) is 8.68. The molecule has 1 aliphatic rings. The molecular weight excluding hydrogens is 255 g/mol. The van der Waals surface area contributed by atoms with Crippen LogP contribution in [0.15, 0.2) is 24.3 Å². The van der Waals surface area contributed by atoms with Gasteiger partial charge in [0.1, 0.15) is 16.5 Å². The molecule has 0 aromatic heterocycles. The highest BCUT2D eigenvalue weighted by atomic mass is 31.2. The predicted octanol–water partition coefficient (Wildman–Crippen LogP) is 4.89. The summed E-state index contributed by atoms with van der Waals surface area (Å²) in [7, 11) is -1.90. The van der Waals surface area contributed by atoms with Gasteiger partial charge in [-0.1, -0.05) is 18.2 Å². The van der Waals surface area contributed by atoms with Crippen LogP contribution in [0.2, 0.25) is 0 Å². The van der Waals surface area contributed by atoms with Gasteiger partial charge in [-0.3, -0.25) is 0 Å². The second-order valence-electron chi connectivity index (χ2n) is 7.28. The van der Waals surface area contributed by atoms with Crippen molar-refractivity contribution in [1.82, 2.24) is 0 Å². The fraction of sp³-hybridized carbons (Fsp3) is 0.562. The van der Waals surface area contributed by atoms with E-state index in [2.05, 4.69) is 47.6 Å². The third-order valence-corrected chi connectivity index (χ3v) is 9.63. The number of hydrogen-bond donors (Lipinski definition) is 0. The standard InChI is InChI=1S/C16H24O2P/c1-15(2,3)19(16(4,5)6)11-12-9-7-8-10-13(12)14(17)18-19/h7-10H,11H2,1-6H3/q+1. The van der Waals surface area contributed by atoms with Crippen LogP contribution < -0.4 is 0 Å². The molecule has 0 radical (unpaired) electrons. The smallest absolute Gasteiger partial charge is 0.307 e. The molecule has 3 heteroatoms. The molecule has 0 amide bonds. The Morgan fingerprint density at radius 2 is 1.53 bits per heavy atom. The van der Waals surface area contributed by atoms with Gasteiger partial charge in [-0.2, -0.15) is 0 Å². The summed E-state index contributed by atoms with van der Waals surface area (Å²) >= 11 is 0. The quantitative estimate of drug-likeness (QED) is 0.632. The van der Waals surface area contributed by atoms with Crippen molar-refractivity contribution in [3.8, 4) is 0 Å². The van der Waals surface area contributed by atoms with Gasteiger partial charge in [0, 0.05) is 5.56 Å². The summed E-state index contributed by atoms with van der Waals surface area (Å²) in [4.78, 5) is 12.4. The molecule has 0 saturated carbocycles. The fourth-order valence-corrected chi connectivity index (χ4v) is 7.78. The van der Waals surface area contributed by atoms with Gasteiger partial charge in [-0.15, -0.1) is 0 Å². The Hall–Kier alpha value is -0.880. The Bertz CT molecular complexity index is 492. The molecular formula is C16H24O2P+. The molecule has 1 aromatic rings. The summed E-state index contributed by atoms with van der Waals surface area (Å²) in [5, 5.41) is -0.0110. The first-order chi connectivity index (χ1) is 8.58. The predicted molar refractivity (Wildman–Crippen MR) is 82.0 cm³/mol. The van der Waals surface area contributed by atoms with E-state index >= 15 is 0 Å². The molecule has 0 spiro atoms. The lowest BCUT2D eigenvalue weighted by Crippen LogP contribution is -2.39. The number of fused-ring (bicyclic) bond motifs is 1. The van der Waals surface area contributed by atoms with E-state index in [4.69, 9.17) is 4.52 Å². The zero-order chi connectivity index (χ0) is 14.5. The summed E-state index contributed by atoms with van der Waals surface area (Å²) in [5.74, 6) is -0.139. The van der Waals surface area contributed by atoms with E-state index in [1.54, 1.807) is 0 Å². The van der Waals surface area contributed by atoms with Crippen molar-refractivity contribution < 1.29 is 9.32 Å². The van der Waals surface area contributed by atoms with Crippen LogP contribution in [-0.4, -0.2) is 16.3 Å². The molecule has 0 aliphatic carbocycles. The Morgan fingerprint density at radius 1 is 1.00 bits per heavy atom. The van der Waals surface area contributed by atoms with Crippen molar-refractivity contribution in [3.05, 3.63) is 35.4 Å². The lowest BCUT2D eigenvalue weighted by molar-refractivity contribution is 0.0726. The van der Waals surface area contributed by atoms with E-state index in [0.29, 0.717) is 0 Å². The van der Waals surface area contributed by atoms with Crippen molar-refractivity contribution in [3.63, 3.8) is 0 Å². The van der Waals surface area contributed by atoms with Crippen LogP contribution in [0.4, 0.5) is 0 Å². The molecule has 0 bridgehead atoms. The van der Waals surface area contributed by atoms with Crippen molar-refractivity contribution in [1.29, 1.82) is 0 Å². The highest BCUT2D eigenvalue weighted by Gasteiger charge is 2.64. The summed E-state index contributed by atoms with van der Waals surface area (Å²) in [6, 6.07) is 7.86. The zero-order valence-corrected chi connectivity index (χ0v) is 13.7. The normalized spacial score (nSPS) is 18.7. The maximum atomic E-state index is 12.4. The third-order valence-electron chi connectivity index (χ3n) is 4.04. The van der Waals surface area contributed by atoms with Crippen molar-refractivity contribution in [2.24, 2.45) is 0 Å². The monoisotopic (exact) mass is 279 g/mol. The summed E-state index contributed by atoms with van der Waals surface area (Å²) in [5.41, 5.74) is 1.89. The van der Waals surface area contributed by atoms with Crippen LogP contribution in [0.25, 0.3) is 0 Å². The Morgan fingerprint density at radius 3 is 2.05 bits per heavy atom. The van der Waals surface area contributed by atoms with Gasteiger partial charge in [-0.25, -0.2) is 4.79 Å². The first-order valence-electron chi connectivity index (χ1n) is 6.79. The maximum Gasteiger partial charge on any atom is 0.381 e. The molecule has 2 rings (SSSR count). The molecule has 19 heavy (non-hydrogen) atoms. The molecule has 0 saturated heterocycles. The molecule has 0 N–H and O–H groups in total. The minimum atomic E-state index is -1.90. The van der Waals surface area contributed by atoms with Crippen LogP contribution in [0.1, 0.15) is 57.5 Å². The van der Waals surface area contributed by atoms with E-state index in [1.807, 2.05) is 18.2 Å². The van der Waals surface area contributed by atoms with Gasteiger partial charge in [-0.05, 0) is 47.6 Å².